The van der Waals surface area contributed by atoms with Crippen LogP contribution in [-0.4, -0.2) is 40.3 Å². The lowest BCUT2D eigenvalue weighted by molar-refractivity contribution is -0.119. The van der Waals surface area contributed by atoms with E-state index in [1.54, 1.807) is 20.3 Å². The van der Waals surface area contributed by atoms with Crippen LogP contribution in [0.4, 0.5) is 5.69 Å². The molecular weight excluding hydrogens is 356 g/mol. The lowest BCUT2D eigenvalue weighted by atomic mass is 10.0. The van der Waals surface area contributed by atoms with Gasteiger partial charge in [0.25, 0.3) is 0 Å². The summed E-state index contributed by atoms with van der Waals surface area (Å²) in [5, 5.41) is 6.05. The van der Waals surface area contributed by atoms with Crippen LogP contribution in [0.15, 0.2) is 36.9 Å². The van der Waals surface area contributed by atoms with Crippen LogP contribution in [-0.2, 0) is 4.79 Å². The van der Waals surface area contributed by atoms with E-state index in [4.69, 9.17) is 14.2 Å². The summed E-state index contributed by atoms with van der Waals surface area (Å²) in [6.45, 7) is 5.04. The maximum Gasteiger partial charge on any atom is 0.220 e. The molecular formula is C22H26N2O4. The molecule has 1 amide bonds. The third-order valence-electron chi connectivity index (χ3n) is 4.87. The van der Waals surface area contributed by atoms with Crippen LogP contribution in [0, 0.1) is 5.92 Å². The van der Waals surface area contributed by atoms with Crippen LogP contribution in [0.3, 0.4) is 0 Å². The molecule has 1 aliphatic rings. The van der Waals surface area contributed by atoms with Crippen LogP contribution >= 0.6 is 0 Å². The zero-order valence-electron chi connectivity index (χ0n) is 16.5. The Bertz CT molecular complexity index is 879. The number of carbonyl (C=O) groups is 1. The maximum absolute atomic E-state index is 11.4. The number of benzene rings is 2. The summed E-state index contributed by atoms with van der Waals surface area (Å²) >= 11 is 0. The molecule has 2 N–H and O–H groups in total. The van der Waals surface area contributed by atoms with E-state index in [1.165, 1.54) is 0 Å². The van der Waals surface area contributed by atoms with E-state index < -0.39 is 0 Å². The Balaban J connectivity index is 1.95. The third kappa shape index (κ3) is 4.06. The number of anilines is 1. The molecule has 1 aliphatic heterocycles. The molecule has 6 heteroatoms. The molecule has 28 heavy (non-hydrogen) atoms. The largest absolute Gasteiger partial charge is 0.493 e. The minimum atomic E-state index is 0.0764. The van der Waals surface area contributed by atoms with Crippen molar-refractivity contribution >= 4 is 17.7 Å². The second-order valence-electron chi connectivity index (χ2n) is 6.64. The molecule has 0 radical (unpaired) electrons. The highest BCUT2D eigenvalue weighted by atomic mass is 16.5. The smallest absolute Gasteiger partial charge is 0.220 e. The van der Waals surface area contributed by atoms with E-state index in [1.807, 2.05) is 37.4 Å². The average Bonchev–Trinajstić information content (AvgIpc) is 3.15. The number of carbonyl (C=O) groups excluding carboxylic acids is 1. The normalized spacial score (nSPS) is 15.7. The first-order chi connectivity index (χ1) is 13.6. The number of methoxy groups -OCH3 is 2. The molecule has 1 atom stereocenters. The van der Waals surface area contributed by atoms with E-state index in [9.17, 15) is 4.79 Å². The van der Waals surface area contributed by atoms with Gasteiger partial charge in [-0.3, -0.25) is 4.79 Å². The molecule has 0 aliphatic carbocycles. The molecule has 1 heterocycles. The Morgan fingerprint density at radius 2 is 1.89 bits per heavy atom. The van der Waals surface area contributed by atoms with Crippen molar-refractivity contribution in [3.63, 3.8) is 0 Å². The van der Waals surface area contributed by atoms with E-state index in [0.29, 0.717) is 31.1 Å². The number of nitrogens with one attached hydrogen (secondary N) is 2. The molecule has 1 unspecified atom stereocenters. The van der Waals surface area contributed by atoms with Crippen molar-refractivity contribution in [2.24, 2.45) is 5.92 Å². The minimum absolute atomic E-state index is 0.0764. The van der Waals surface area contributed by atoms with Crippen molar-refractivity contribution in [3.05, 3.63) is 42.5 Å². The Morgan fingerprint density at radius 1 is 1.14 bits per heavy atom. The van der Waals surface area contributed by atoms with Crippen LogP contribution in [0.2, 0.25) is 0 Å². The predicted octanol–water partition coefficient (Wildman–Crippen LogP) is 3.57. The highest BCUT2D eigenvalue weighted by molar-refractivity contribution is 5.80. The summed E-state index contributed by atoms with van der Waals surface area (Å²) in [4.78, 5) is 11.4. The Morgan fingerprint density at radius 3 is 2.50 bits per heavy atom. The first-order valence-electron chi connectivity index (χ1n) is 9.19. The highest BCUT2D eigenvalue weighted by Crippen LogP contribution is 2.38. The standard InChI is InChI=1S/C22H26N2O4/c1-5-17-18(23-2)9-16(15-6-7-19(26-3)21(10-15)27-4)11-20(17)28-13-14-8-22(25)24-12-14/h5-7,9-11,14,23H,1,8,12-13H2,2-4H3,(H,24,25). The van der Waals surface area contributed by atoms with E-state index in [0.717, 1.165) is 28.1 Å². The van der Waals surface area contributed by atoms with Crippen molar-refractivity contribution < 1.29 is 19.0 Å². The van der Waals surface area contributed by atoms with Crippen LogP contribution in [0.5, 0.6) is 17.2 Å². The Kier molecular flexibility index (Phi) is 6.09. The highest BCUT2D eigenvalue weighted by Gasteiger charge is 2.22. The lowest BCUT2D eigenvalue weighted by Crippen LogP contribution is -2.17. The molecule has 0 spiro atoms. The van der Waals surface area contributed by atoms with Crippen molar-refractivity contribution in [1.82, 2.24) is 5.32 Å². The zero-order valence-corrected chi connectivity index (χ0v) is 16.5. The van der Waals surface area contributed by atoms with E-state index in [-0.39, 0.29) is 11.8 Å². The van der Waals surface area contributed by atoms with Gasteiger partial charge in [0.1, 0.15) is 5.75 Å². The molecule has 0 saturated carbocycles. The first kappa shape index (κ1) is 19.6. The maximum atomic E-state index is 11.4. The SMILES string of the molecule is C=Cc1c(NC)cc(-c2ccc(OC)c(OC)c2)cc1OCC1CNC(=O)C1. The molecule has 0 bridgehead atoms. The molecule has 1 fully saturated rings. The van der Waals surface area contributed by atoms with Crippen LogP contribution in [0.1, 0.15) is 12.0 Å². The summed E-state index contributed by atoms with van der Waals surface area (Å²) in [5.74, 6) is 2.32. The number of ether oxygens (including phenoxy) is 3. The monoisotopic (exact) mass is 382 g/mol. The van der Waals surface area contributed by atoms with Gasteiger partial charge in [-0.1, -0.05) is 18.7 Å². The second kappa shape index (κ2) is 8.69. The third-order valence-corrected chi connectivity index (χ3v) is 4.87. The Labute approximate surface area is 165 Å². The van der Waals surface area contributed by atoms with Gasteiger partial charge in [0.2, 0.25) is 5.91 Å². The van der Waals surface area contributed by atoms with Gasteiger partial charge in [0.05, 0.1) is 20.8 Å². The molecule has 6 nitrogen and oxygen atoms in total. The molecule has 0 aromatic heterocycles. The lowest BCUT2D eigenvalue weighted by Gasteiger charge is -2.18. The fraction of sp³-hybridized carbons (Fsp3) is 0.318. The molecule has 3 rings (SSSR count). The van der Waals surface area contributed by atoms with Gasteiger partial charge < -0.3 is 24.8 Å². The summed E-state index contributed by atoms with van der Waals surface area (Å²) in [7, 11) is 5.10. The van der Waals surface area contributed by atoms with Gasteiger partial charge in [0.15, 0.2) is 11.5 Å². The van der Waals surface area contributed by atoms with Gasteiger partial charge in [-0.05, 0) is 35.4 Å². The van der Waals surface area contributed by atoms with Crippen LogP contribution < -0.4 is 24.8 Å². The zero-order chi connectivity index (χ0) is 20.1. The van der Waals surface area contributed by atoms with E-state index >= 15 is 0 Å². The predicted molar refractivity (Wildman–Crippen MR) is 111 cm³/mol. The molecule has 2 aromatic rings. The molecule has 148 valence electrons. The summed E-state index contributed by atoms with van der Waals surface area (Å²) in [6, 6.07) is 9.83. The van der Waals surface area contributed by atoms with Gasteiger partial charge in [-0.2, -0.15) is 0 Å². The number of hydrogen-bond acceptors (Lipinski definition) is 5. The fourth-order valence-corrected chi connectivity index (χ4v) is 3.34. The van der Waals surface area contributed by atoms with Gasteiger partial charge in [-0.25, -0.2) is 0 Å². The quantitative estimate of drug-likeness (QED) is 0.731. The van der Waals surface area contributed by atoms with Crippen molar-refractivity contribution in [3.8, 4) is 28.4 Å². The minimum Gasteiger partial charge on any atom is -0.493 e. The van der Waals surface area contributed by atoms with Crippen molar-refractivity contribution in [2.45, 2.75) is 6.42 Å². The van der Waals surface area contributed by atoms with Crippen molar-refractivity contribution in [1.29, 1.82) is 0 Å². The topological polar surface area (TPSA) is 68.8 Å². The number of rotatable bonds is 8. The van der Waals surface area contributed by atoms with E-state index in [2.05, 4.69) is 17.2 Å². The molecule has 1 saturated heterocycles. The average molecular weight is 382 g/mol. The van der Waals surface area contributed by atoms with Gasteiger partial charge in [-0.15, -0.1) is 0 Å². The van der Waals surface area contributed by atoms with Gasteiger partial charge in [0, 0.05) is 37.2 Å². The number of hydrogen-bond donors (Lipinski definition) is 2. The molecule has 2 aromatic carbocycles. The van der Waals surface area contributed by atoms with Crippen molar-refractivity contribution in [2.75, 3.05) is 39.7 Å². The van der Waals surface area contributed by atoms with Crippen LogP contribution in [0.25, 0.3) is 17.2 Å². The summed E-state index contributed by atoms with van der Waals surface area (Å²) in [5.41, 5.74) is 3.76. The number of amides is 1. The second-order valence-corrected chi connectivity index (χ2v) is 6.64. The summed E-state index contributed by atoms with van der Waals surface area (Å²) in [6.07, 6.45) is 2.27. The first-order valence-corrected chi connectivity index (χ1v) is 9.19. The fourth-order valence-electron chi connectivity index (χ4n) is 3.34. The Hall–Kier alpha value is -3.15. The van der Waals surface area contributed by atoms with Gasteiger partial charge >= 0.3 is 0 Å². The summed E-state index contributed by atoms with van der Waals surface area (Å²) < 4.78 is 16.9.